The first-order valence-electron chi connectivity index (χ1n) is 5.01. The highest BCUT2D eigenvalue weighted by molar-refractivity contribution is 7.79. The largest absolute Gasteiger partial charge is 0.306 e. The second-order valence-electron chi connectivity index (χ2n) is 5.13. The average molecular weight is 216 g/mol. The van der Waals surface area contributed by atoms with Crippen LogP contribution in [0.2, 0.25) is 0 Å². The molecule has 0 aromatic carbocycles. The molecule has 0 aromatic heterocycles. The molecule has 0 saturated heterocycles. The Bertz CT molecular complexity index is 310. The highest BCUT2D eigenvalue weighted by atomic mass is 32.2. The van der Waals surface area contributed by atoms with Crippen molar-refractivity contribution in [2.75, 3.05) is 5.75 Å². The highest BCUT2D eigenvalue weighted by Gasteiger charge is 2.64. The van der Waals surface area contributed by atoms with Gasteiger partial charge in [-0.05, 0) is 24.2 Å². The van der Waals surface area contributed by atoms with Gasteiger partial charge in [0.25, 0.3) is 0 Å². The van der Waals surface area contributed by atoms with E-state index in [4.69, 9.17) is 4.55 Å². The van der Waals surface area contributed by atoms with Gasteiger partial charge < -0.3 is 4.55 Å². The molecule has 2 bridgehead atoms. The first kappa shape index (κ1) is 10.3. The zero-order valence-electron chi connectivity index (χ0n) is 8.58. The summed E-state index contributed by atoms with van der Waals surface area (Å²) < 4.78 is 19.9. The van der Waals surface area contributed by atoms with Crippen molar-refractivity contribution in [2.45, 2.75) is 33.1 Å². The zero-order chi connectivity index (χ0) is 10.6. The number of hydrogen-bond donors (Lipinski definition) is 1. The molecule has 0 spiro atoms. The van der Waals surface area contributed by atoms with Crippen LogP contribution in [0.1, 0.15) is 33.1 Å². The molecule has 2 aliphatic carbocycles. The van der Waals surface area contributed by atoms with Gasteiger partial charge in [0, 0.05) is 11.8 Å². The molecule has 4 heteroatoms. The van der Waals surface area contributed by atoms with Gasteiger partial charge in [0.1, 0.15) is 5.78 Å². The van der Waals surface area contributed by atoms with Gasteiger partial charge in [-0.2, -0.15) is 0 Å². The Labute approximate surface area is 86.6 Å². The lowest BCUT2D eigenvalue weighted by Crippen LogP contribution is -2.40. The van der Waals surface area contributed by atoms with Gasteiger partial charge >= 0.3 is 0 Å². The van der Waals surface area contributed by atoms with E-state index < -0.39 is 16.5 Å². The first-order chi connectivity index (χ1) is 6.40. The van der Waals surface area contributed by atoms with Crippen LogP contribution < -0.4 is 0 Å². The summed E-state index contributed by atoms with van der Waals surface area (Å²) in [7, 11) is 0. The van der Waals surface area contributed by atoms with Crippen LogP contribution in [0.3, 0.4) is 0 Å². The zero-order valence-corrected chi connectivity index (χ0v) is 9.39. The second-order valence-corrected chi connectivity index (χ2v) is 6.06. The number of carbonyl (C=O) groups excluding carboxylic acids is 1. The topological polar surface area (TPSA) is 54.4 Å². The molecule has 2 rings (SSSR count). The minimum absolute atomic E-state index is 0.0809. The lowest BCUT2D eigenvalue weighted by atomic mass is 9.70. The fraction of sp³-hybridized carbons (Fsp3) is 0.900. The van der Waals surface area contributed by atoms with E-state index in [0.717, 1.165) is 12.8 Å². The Morgan fingerprint density at radius 3 is 2.57 bits per heavy atom. The van der Waals surface area contributed by atoms with Gasteiger partial charge in [-0.25, -0.2) is 4.21 Å². The molecule has 2 saturated carbocycles. The van der Waals surface area contributed by atoms with Crippen molar-refractivity contribution in [3.05, 3.63) is 0 Å². The smallest absolute Gasteiger partial charge is 0.153 e. The summed E-state index contributed by atoms with van der Waals surface area (Å²) in [5.41, 5.74) is -0.584. The van der Waals surface area contributed by atoms with Gasteiger partial charge in [0.15, 0.2) is 11.1 Å². The van der Waals surface area contributed by atoms with Crippen LogP contribution in [0.25, 0.3) is 0 Å². The molecule has 14 heavy (non-hydrogen) atoms. The Morgan fingerprint density at radius 2 is 2.21 bits per heavy atom. The van der Waals surface area contributed by atoms with Gasteiger partial charge in [-0.3, -0.25) is 4.79 Å². The van der Waals surface area contributed by atoms with Gasteiger partial charge in [0.05, 0.1) is 5.75 Å². The van der Waals surface area contributed by atoms with E-state index in [1.54, 1.807) is 0 Å². The molecule has 1 N–H and O–H groups in total. The third kappa shape index (κ3) is 1.07. The van der Waals surface area contributed by atoms with E-state index in [0.29, 0.717) is 12.3 Å². The predicted molar refractivity (Wildman–Crippen MR) is 54.2 cm³/mol. The summed E-state index contributed by atoms with van der Waals surface area (Å²) in [5.74, 6) is 0.773. The monoisotopic (exact) mass is 216 g/mol. The van der Waals surface area contributed by atoms with Crippen molar-refractivity contribution in [1.82, 2.24) is 0 Å². The third-order valence-electron chi connectivity index (χ3n) is 4.51. The van der Waals surface area contributed by atoms with E-state index >= 15 is 0 Å². The summed E-state index contributed by atoms with van der Waals surface area (Å²) in [6.45, 7) is 4.14. The van der Waals surface area contributed by atoms with Crippen molar-refractivity contribution in [1.29, 1.82) is 0 Å². The molecule has 2 fully saturated rings. The molecule has 0 amide bonds. The summed E-state index contributed by atoms with van der Waals surface area (Å²) >= 11 is -1.86. The maximum atomic E-state index is 11.9. The van der Waals surface area contributed by atoms with Gasteiger partial charge in [-0.15, -0.1) is 0 Å². The molecule has 0 aliphatic heterocycles. The fourth-order valence-corrected chi connectivity index (χ4v) is 4.42. The maximum Gasteiger partial charge on any atom is 0.153 e. The molecule has 3 nitrogen and oxygen atoms in total. The normalized spacial score (nSPS) is 41.6. The summed E-state index contributed by atoms with van der Waals surface area (Å²) in [6.07, 6.45) is 2.45. The number of Topliss-reactive ketones (excluding diaryl/α,β-unsaturated/α-hetero) is 1. The molecule has 2 aliphatic rings. The number of carbonyl (C=O) groups is 1. The fourth-order valence-electron chi connectivity index (χ4n) is 3.32. The third-order valence-corrected chi connectivity index (χ3v) is 5.25. The number of fused-ring (bicyclic) bond motifs is 2. The maximum absolute atomic E-state index is 11.9. The van der Waals surface area contributed by atoms with E-state index in [1.807, 2.05) is 0 Å². The Balaban J connectivity index is 2.39. The molecule has 3 atom stereocenters. The van der Waals surface area contributed by atoms with E-state index in [-0.39, 0.29) is 17.0 Å². The number of ketones is 1. The van der Waals surface area contributed by atoms with Crippen LogP contribution in [0.4, 0.5) is 0 Å². The average Bonchev–Trinajstić information content (AvgIpc) is 2.36. The molecule has 0 aromatic rings. The molecule has 0 radical (unpaired) electrons. The van der Waals surface area contributed by atoms with E-state index in [2.05, 4.69) is 13.8 Å². The molecule has 80 valence electrons. The number of rotatable bonds is 2. The SMILES string of the molecule is CC1(C)C2CC[C@@]1(CS(=O)O)C(=O)C2. The van der Waals surface area contributed by atoms with Crippen molar-refractivity contribution >= 4 is 16.9 Å². The first-order valence-corrected chi connectivity index (χ1v) is 6.28. The van der Waals surface area contributed by atoms with Crippen LogP contribution in [-0.4, -0.2) is 20.3 Å². The van der Waals surface area contributed by atoms with Crippen LogP contribution in [0.15, 0.2) is 0 Å². The standard InChI is InChI=1S/C10H16O3S/c1-9(2)7-3-4-10(9,6-14(12)13)8(11)5-7/h7H,3-6H2,1-2H3,(H,12,13)/t7?,10-/m1/s1. The Kier molecular flexibility index (Phi) is 2.13. The van der Waals surface area contributed by atoms with Crippen LogP contribution in [-0.2, 0) is 15.9 Å². The summed E-state index contributed by atoms with van der Waals surface area (Å²) in [4.78, 5) is 11.9. The predicted octanol–water partition coefficient (Wildman–Crippen LogP) is 1.60. The van der Waals surface area contributed by atoms with Crippen molar-refractivity contribution in [2.24, 2.45) is 16.7 Å². The van der Waals surface area contributed by atoms with Gasteiger partial charge in [0.2, 0.25) is 0 Å². The van der Waals surface area contributed by atoms with E-state index in [1.165, 1.54) is 0 Å². The quantitative estimate of drug-likeness (QED) is 0.713. The lowest BCUT2D eigenvalue weighted by molar-refractivity contribution is -0.128. The Morgan fingerprint density at radius 1 is 1.57 bits per heavy atom. The van der Waals surface area contributed by atoms with Crippen LogP contribution in [0.5, 0.6) is 0 Å². The van der Waals surface area contributed by atoms with Crippen LogP contribution >= 0.6 is 0 Å². The van der Waals surface area contributed by atoms with E-state index in [9.17, 15) is 9.00 Å². The molecule has 0 heterocycles. The van der Waals surface area contributed by atoms with Crippen molar-refractivity contribution < 1.29 is 13.6 Å². The minimum atomic E-state index is -1.86. The second kappa shape index (κ2) is 2.89. The molecule has 2 unspecified atom stereocenters. The number of hydrogen-bond acceptors (Lipinski definition) is 2. The Hall–Kier alpha value is -0.220. The lowest BCUT2D eigenvalue weighted by Gasteiger charge is -2.35. The van der Waals surface area contributed by atoms with Crippen molar-refractivity contribution in [3.8, 4) is 0 Å². The molecular formula is C10H16O3S. The summed E-state index contributed by atoms with van der Waals surface area (Å²) in [5, 5.41) is 0. The van der Waals surface area contributed by atoms with Crippen LogP contribution in [0, 0.1) is 16.7 Å². The minimum Gasteiger partial charge on any atom is -0.306 e. The molecular weight excluding hydrogens is 200 g/mol. The highest BCUT2D eigenvalue weighted by Crippen LogP contribution is 2.63. The van der Waals surface area contributed by atoms with Gasteiger partial charge in [-0.1, -0.05) is 13.8 Å². The van der Waals surface area contributed by atoms with Crippen molar-refractivity contribution in [3.63, 3.8) is 0 Å². The summed E-state index contributed by atoms with van der Waals surface area (Å²) in [6, 6.07) is 0.